The molecule has 2 rings (SSSR count). The van der Waals surface area contributed by atoms with Crippen LogP contribution >= 0.6 is 27.3 Å². The van der Waals surface area contributed by atoms with E-state index in [1.54, 1.807) is 12.1 Å². The van der Waals surface area contributed by atoms with E-state index >= 15 is 0 Å². The lowest BCUT2D eigenvalue weighted by atomic mass is 10.1. The number of nitrogen functional groups attached to an aromatic ring is 1. The summed E-state index contributed by atoms with van der Waals surface area (Å²) in [7, 11) is 0. The topological polar surface area (TPSA) is 63.3 Å². The number of carboxylic acid groups (broad SMARTS) is 1. The monoisotopic (exact) mass is 343 g/mol. The average Bonchev–Trinajstić information content (AvgIpc) is 2.70. The van der Waals surface area contributed by atoms with E-state index in [1.165, 1.54) is 6.07 Å². The first-order valence-corrected chi connectivity index (χ1v) is 7.16. The van der Waals surface area contributed by atoms with Crippen LogP contribution in [0.5, 0.6) is 0 Å². The van der Waals surface area contributed by atoms with Gasteiger partial charge in [-0.05, 0) is 45.6 Å². The molecular weight excluding hydrogens is 333 g/mol. The minimum atomic E-state index is -1.04. The number of halogens is 2. The van der Waals surface area contributed by atoms with Crippen LogP contribution in [0.4, 0.5) is 10.1 Å². The zero-order chi connectivity index (χ0) is 14.2. The normalized spacial score (nSPS) is 10.7. The van der Waals surface area contributed by atoms with Crippen molar-refractivity contribution in [1.82, 2.24) is 0 Å². The van der Waals surface area contributed by atoms with Crippen molar-refractivity contribution in [3.8, 4) is 10.4 Å². The van der Waals surface area contributed by atoms with Gasteiger partial charge in [-0.1, -0.05) is 13.0 Å². The molecule has 6 heteroatoms. The molecule has 1 aromatic heterocycles. The lowest BCUT2D eigenvalue weighted by Gasteiger charge is -2.04. The van der Waals surface area contributed by atoms with Crippen LogP contribution in [0.3, 0.4) is 0 Å². The van der Waals surface area contributed by atoms with Gasteiger partial charge in [-0.15, -0.1) is 11.3 Å². The Kier molecular flexibility index (Phi) is 3.91. The summed E-state index contributed by atoms with van der Waals surface area (Å²) in [5.74, 6) is -1.39. The Morgan fingerprint density at radius 1 is 1.53 bits per heavy atom. The van der Waals surface area contributed by atoms with Crippen LogP contribution in [0.1, 0.15) is 22.2 Å². The molecule has 0 aliphatic rings. The second-order valence-corrected chi connectivity index (χ2v) is 5.82. The molecule has 3 nitrogen and oxygen atoms in total. The quantitative estimate of drug-likeness (QED) is 0.879. The van der Waals surface area contributed by atoms with Crippen LogP contribution in [0.2, 0.25) is 0 Å². The molecule has 1 heterocycles. The van der Waals surface area contributed by atoms with E-state index in [4.69, 9.17) is 10.8 Å². The van der Waals surface area contributed by atoms with Gasteiger partial charge in [0, 0.05) is 4.88 Å². The number of benzene rings is 1. The summed E-state index contributed by atoms with van der Waals surface area (Å²) in [4.78, 5) is 12.0. The van der Waals surface area contributed by atoms with Crippen molar-refractivity contribution in [2.45, 2.75) is 13.3 Å². The van der Waals surface area contributed by atoms with Crippen LogP contribution in [-0.4, -0.2) is 11.1 Å². The Labute approximate surface area is 122 Å². The highest BCUT2D eigenvalue weighted by Gasteiger charge is 2.20. The third-order valence-corrected chi connectivity index (χ3v) is 4.67. The first-order chi connectivity index (χ1) is 8.95. The van der Waals surface area contributed by atoms with Crippen LogP contribution in [-0.2, 0) is 6.42 Å². The molecule has 100 valence electrons. The van der Waals surface area contributed by atoms with Gasteiger partial charge in [0.05, 0.1) is 10.2 Å². The van der Waals surface area contributed by atoms with Crippen molar-refractivity contribution in [1.29, 1.82) is 0 Å². The molecule has 19 heavy (non-hydrogen) atoms. The second kappa shape index (κ2) is 5.30. The molecule has 0 saturated heterocycles. The molecule has 0 fully saturated rings. The SMILES string of the molecule is CCc1c(-c2ccc(F)c(Br)c2)sc(C(=O)O)c1N. The van der Waals surface area contributed by atoms with E-state index in [2.05, 4.69) is 15.9 Å². The number of thiophene rings is 1. The van der Waals surface area contributed by atoms with E-state index in [0.29, 0.717) is 16.6 Å². The third-order valence-electron chi connectivity index (χ3n) is 2.78. The average molecular weight is 344 g/mol. The molecule has 0 bridgehead atoms. The van der Waals surface area contributed by atoms with Crippen molar-refractivity contribution in [3.05, 3.63) is 38.9 Å². The highest BCUT2D eigenvalue weighted by Crippen LogP contribution is 2.40. The van der Waals surface area contributed by atoms with E-state index in [1.807, 2.05) is 6.92 Å². The molecule has 3 N–H and O–H groups in total. The number of hydrogen-bond donors (Lipinski definition) is 2. The zero-order valence-electron chi connectivity index (χ0n) is 10.0. The van der Waals surface area contributed by atoms with Gasteiger partial charge in [0.25, 0.3) is 0 Å². The predicted molar refractivity (Wildman–Crippen MR) is 78.2 cm³/mol. The fourth-order valence-electron chi connectivity index (χ4n) is 1.86. The van der Waals surface area contributed by atoms with E-state index in [9.17, 15) is 9.18 Å². The van der Waals surface area contributed by atoms with Gasteiger partial charge < -0.3 is 10.8 Å². The molecule has 0 amide bonds. The van der Waals surface area contributed by atoms with Gasteiger partial charge >= 0.3 is 5.97 Å². The van der Waals surface area contributed by atoms with Crippen LogP contribution in [0, 0.1) is 5.82 Å². The maximum Gasteiger partial charge on any atom is 0.348 e. The van der Waals surface area contributed by atoms with Crippen molar-refractivity contribution in [2.24, 2.45) is 0 Å². The van der Waals surface area contributed by atoms with Gasteiger partial charge in [-0.25, -0.2) is 9.18 Å². The number of carbonyl (C=O) groups is 1. The van der Waals surface area contributed by atoms with Crippen LogP contribution in [0.15, 0.2) is 22.7 Å². The maximum absolute atomic E-state index is 13.2. The minimum absolute atomic E-state index is 0.132. The molecule has 0 spiro atoms. The van der Waals surface area contributed by atoms with Crippen molar-refractivity contribution < 1.29 is 14.3 Å². The zero-order valence-corrected chi connectivity index (χ0v) is 12.4. The highest BCUT2D eigenvalue weighted by atomic mass is 79.9. The summed E-state index contributed by atoms with van der Waals surface area (Å²) < 4.78 is 13.6. The standard InChI is InChI=1S/C13H11BrFNO2S/c1-2-7-10(16)12(13(17)18)19-11(7)6-3-4-9(15)8(14)5-6/h3-5H,2,16H2,1H3,(H,17,18). The van der Waals surface area contributed by atoms with Crippen LogP contribution in [0.25, 0.3) is 10.4 Å². The third kappa shape index (κ3) is 2.50. The van der Waals surface area contributed by atoms with E-state index in [0.717, 1.165) is 27.3 Å². The Hall–Kier alpha value is -1.40. The van der Waals surface area contributed by atoms with E-state index in [-0.39, 0.29) is 10.7 Å². The summed E-state index contributed by atoms with van der Waals surface area (Å²) in [6, 6.07) is 4.59. The van der Waals surface area contributed by atoms with Gasteiger partial charge in [-0.2, -0.15) is 0 Å². The first-order valence-electron chi connectivity index (χ1n) is 5.55. The van der Waals surface area contributed by atoms with Crippen molar-refractivity contribution >= 4 is 38.9 Å². The Bertz CT molecular complexity index is 654. The summed E-state index contributed by atoms with van der Waals surface area (Å²) >= 11 is 4.24. The molecule has 0 saturated carbocycles. The van der Waals surface area contributed by atoms with Crippen LogP contribution < -0.4 is 5.73 Å². The highest BCUT2D eigenvalue weighted by molar-refractivity contribution is 9.10. The fourth-order valence-corrected chi connectivity index (χ4v) is 3.38. The van der Waals surface area contributed by atoms with E-state index < -0.39 is 5.97 Å². The molecule has 0 radical (unpaired) electrons. The number of aromatic carboxylic acids is 1. The first kappa shape index (κ1) is 14.0. The summed E-state index contributed by atoms with van der Waals surface area (Å²) in [6.45, 7) is 1.91. The molecule has 0 unspecified atom stereocenters. The minimum Gasteiger partial charge on any atom is -0.477 e. The molecular formula is C13H11BrFNO2S. The lowest BCUT2D eigenvalue weighted by Crippen LogP contribution is -1.99. The molecule has 0 aliphatic heterocycles. The van der Waals surface area contributed by atoms with Gasteiger partial charge in [0.2, 0.25) is 0 Å². The molecule has 0 atom stereocenters. The summed E-state index contributed by atoms with van der Waals surface area (Å²) in [6.07, 6.45) is 0.625. The number of hydrogen-bond acceptors (Lipinski definition) is 3. The second-order valence-electron chi connectivity index (χ2n) is 3.94. The number of nitrogens with two attached hydrogens (primary N) is 1. The Morgan fingerprint density at radius 2 is 2.21 bits per heavy atom. The Balaban J connectivity index is 2.64. The van der Waals surface area contributed by atoms with Gasteiger partial charge in [0.1, 0.15) is 10.7 Å². The molecule has 0 aliphatic carbocycles. The smallest absolute Gasteiger partial charge is 0.348 e. The van der Waals surface area contributed by atoms with Gasteiger partial charge in [-0.3, -0.25) is 0 Å². The van der Waals surface area contributed by atoms with Crippen molar-refractivity contribution in [2.75, 3.05) is 5.73 Å². The predicted octanol–water partition coefficient (Wildman–Crippen LogP) is 4.16. The molecule has 2 aromatic rings. The number of carboxylic acids is 1. The Morgan fingerprint density at radius 3 is 2.74 bits per heavy atom. The van der Waals surface area contributed by atoms with Crippen molar-refractivity contribution in [3.63, 3.8) is 0 Å². The number of rotatable bonds is 3. The summed E-state index contributed by atoms with van der Waals surface area (Å²) in [5, 5.41) is 9.11. The molecule has 1 aromatic carbocycles. The maximum atomic E-state index is 13.2. The fraction of sp³-hybridized carbons (Fsp3) is 0.154. The lowest BCUT2D eigenvalue weighted by molar-refractivity contribution is 0.0703. The largest absolute Gasteiger partial charge is 0.477 e. The summed E-state index contributed by atoms with van der Waals surface area (Å²) in [5.41, 5.74) is 7.72. The van der Waals surface area contributed by atoms with Gasteiger partial charge in [0.15, 0.2) is 0 Å². The number of anilines is 1.